The number of rotatable bonds is 3. The zero-order valence-electron chi connectivity index (χ0n) is 9.25. The standard InChI is InChI=1S/C12H13BrN2S/c1-8-3-4-10(11(13)5-8)7-15-12-14-6-9(2)16-12/h3-6H,7H2,1-2H3,(H,14,15). The molecule has 1 aromatic heterocycles. The number of hydrogen-bond acceptors (Lipinski definition) is 3. The summed E-state index contributed by atoms with van der Waals surface area (Å²) in [6.07, 6.45) is 1.89. The number of aromatic nitrogens is 1. The van der Waals surface area contributed by atoms with Crippen LogP contribution in [0.1, 0.15) is 16.0 Å². The number of hydrogen-bond donors (Lipinski definition) is 1. The van der Waals surface area contributed by atoms with Crippen LogP contribution in [0.5, 0.6) is 0 Å². The molecule has 2 aromatic rings. The minimum absolute atomic E-state index is 0.799. The van der Waals surface area contributed by atoms with Gasteiger partial charge in [-0.2, -0.15) is 0 Å². The van der Waals surface area contributed by atoms with Crippen LogP contribution in [-0.2, 0) is 6.54 Å². The highest BCUT2D eigenvalue weighted by Crippen LogP contribution is 2.21. The van der Waals surface area contributed by atoms with E-state index in [1.54, 1.807) is 11.3 Å². The molecule has 0 spiro atoms. The summed E-state index contributed by atoms with van der Waals surface area (Å²) < 4.78 is 1.15. The predicted octanol–water partition coefficient (Wildman–Crippen LogP) is 4.13. The van der Waals surface area contributed by atoms with Crippen molar-refractivity contribution in [2.75, 3.05) is 5.32 Å². The van der Waals surface area contributed by atoms with Crippen LogP contribution in [0.4, 0.5) is 5.13 Å². The van der Waals surface area contributed by atoms with Gasteiger partial charge in [0.25, 0.3) is 0 Å². The Morgan fingerprint density at radius 3 is 2.81 bits per heavy atom. The van der Waals surface area contributed by atoms with Crippen LogP contribution in [0, 0.1) is 13.8 Å². The second kappa shape index (κ2) is 4.97. The monoisotopic (exact) mass is 296 g/mol. The lowest BCUT2D eigenvalue weighted by Gasteiger charge is -2.06. The number of nitrogens with one attached hydrogen (secondary N) is 1. The lowest BCUT2D eigenvalue weighted by atomic mass is 10.1. The third-order valence-electron chi connectivity index (χ3n) is 2.26. The Bertz CT molecular complexity index is 494. The molecule has 84 valence electrons. The van der Waals surface area contributed by atoms with E-state index >= 15 is 0 Å². The lowest BCUT2D eigenvalue weighted by Crippen LogP contribution is -1.99. The zero-order chi connectivity index (χ0) is 11.5. The van der Waals surface area contributed by atoms with Gasteiger partial charge in [0.05, 0.1) is 0 Å². The maximum atomic E-state index is 4.27. The third kappa shape index (κ3) is 2.83. The molecule has 1 N–H and O–H groups in total. The molecule has 0 bridgehead atoms. The molecule has 0 fully saturated rings. The molecule has 0 atom stereocenters. The first-order chi connectivity index (χ1) is 7.65. The van der Waals surface area contributed by atoms with Gasteiger partial charge in [-0.3, -0.25) is 0 Å². The van der Waals surface area contributed by atoms with Crippen molar-refractivity contribution in [3.63, 3.8) is 0 Å². The number of nitrogens with zero attached hydrogens (tertiary/aromatic N) is 1. The van der Waals surface area contributed by atoms with Gasteiger partial charge in [0.15, 0.2) is 5.13 Å². The molecule has 0 unspecified atom stereocenters. The highest BCUT2D eigenvalue weighted by Gasteiger charge is 2.01. The van der Waals surface area contributed by atoms with E-state index in [0.717, 1.165) is 16.1 Å². The first kappa shape index (κ1) is 11.6. The first-order valence-electron chi connectivity index (χ1n) is 5.06. The van der Waals surface area contributed by atoms with E-state index in [2.05, 4.69) is 58.3 Å². The number of thiazole rings is 1. The van der Waals surface area contributed by atoms with E-state index < -0.39 is 0 Å². The molecular weight excluding hydrogens is 284 g/mol. The van der Waals surface area contributed by atoms with Crippen molar-refractivity contribution in [1.29, 1.82) is 0 Å². The number of benzene rings is 1. The molecule has 0 saturated heterocycles. The van der Waals surface area contributed by atoms with Crippen LogP contribution in [0.3, 0.4) is 0 Å². The fourth-order valence-corrected chi connectivity index (χ4v) is 2.70. The van der Waals surface area contributed by atoms with Gasteiger partial charge in [0, 0.05) is 22.1 Å². The molecule has 0 radical (unpaired) electrons. The van der Waals surface area contributed by atoms with Gasteiger partial charge in [-0.15, -0.1) is 11.3 Å². The van der Waals surface area contributed by atoms with Gasteiger partial charge in [-0.25, -0.2) is 4.98 Å². The first-order valence-corrected chi connectivity index (χ1v) is 6.67. The second-order valence-corrected chi connectivity index (χ2v) is 5.81. The Kier molecular flexibility index (Phi) is 3.61. The summed E-state index contributed by atoms with van der Waals surface area (Å²) >= 11 is 5.25. The molecule has 2 rings (SSSR count). The van der Waals surface area contributed by atoms with Gasteiger partial charge >= 0.3 is 0 Å². The molecule has 1 aromatic carbocycles. The normalized spacial score (nSPS) is 10.4. The summed E-state index contributed by atoms with van der Waals surface area (Å²) in [5.74, 6) is 0. The van der Waals surface area contributed by atoms with Gasteiger partial charge in [0.2, 0.25) is 0 Å². The van der Waals surface area contributed by atoms with E-state index in [-0.39, 0.29) is 0 Å². The van der Waals surface area contributed by atoms with Crippen molar-refractivity contribution >= 4 is 32.4 Å². The van der Waals surface area contributed by atoms with Crippen LogP contribution in [0.15, 0.2) is 28.9 Å². The van der Waals surface area contributed by atoms with Crippen molar-refractivity contribution in [2.24, 2.45) is 0 Å². The van der Waals surface area contributed by atoms with Gasteiger partial charge in [-0.05, 0) is 31.0 Å². The van der Waals surface area contributed by atoms with Gasteiger partial charge < -0.3 is 5.32 Å². The highest BCUT2D eigenvalue weighted by molar-refractivity contribution is 9.10. The summed E-state index contributed by atoms with van der Waals surface area (Å²) in [6.45, 7) is 4.95. The van der Waals surface area contributed by atoms with Crippen LogP contribution < -0.4 is 5.32 Å². The largest absolute Gasteiger partial charge is 0.357 e. The summed E-state index contributed by atoms with van der Waals surface area (Å²) in [7, 11) is 0. The average molecular weight is 297 g/mol. The molecule has 0 aliphatic heterocycles. The lowest BCUT2D eigenvalue weighted by molar-refractivity contribution is 1.12. The molecular formula is C12H13BrN2S. The van der Waals surface area contributed by atoms with E-state index in [4.69, 9.17) is 0 Å². The fraction of sp³-hybridized carbons (Fsp3) is 0.250. The minimum Gasteiger partial charge on any atom is -0.357 e. The number of halogens is 1. The number of anilines is 1. The van der Waals surface area contributed by atoms with Crippen molar-refractivity contribution in [3.05, 3.63) is 44.9 Å². The molecule has 2 nitrogen and oxygen atoms in total. The van der Waals surface area contributed by atoms with Crippen molar-refractivity contribution in [3.8, 4) is 0 Å². The molecule has 0 aliphatic carbocycles. The van der Waals surface area contributed by atoms with Crippen LogP contribution in [0.25, 0.3) is 0 Å². The Labute approximate surface area is 108 Å². The molecule has 0 saturated carbocycles. The molecule has 4 heteroatoms. The SMILES string of the molecule is Cc1ccc(CNc2ncc(C)s2)c(Br)c1. The fourth-order valence-electron chi connectivity index (χ4n) is 1.40. The van der Waals surface area contributed by atoms with E-state index in [1.165, 1.54) is 16.0 Å². The van der Waals surface area contributed by atoms with E-state index in [1.807, 2.05) is 6.20 Å². The Morgan fingerprint density at radius 1 is 1.38 bits per heavy atom. The summed E-state index contributed by atoms with van der Waals surface area (Å²) in [5, 5.41) is 4.30. The molecule has 0 amide bonds. The third-order valence-corrected chi connectivity index (χ3v) is 3.87. The van der Waals surface area contributed by atoms with Crippen molar-refractivity contribution in [2.45, 2.75) is 20.4 Å². The summed E-state index contributed by atoms with van der Waals surface area (Å²) in [5.41, 5.74) is 2.51. The van der Waals surface area contributed by atoms with Crippen LogP contribution in [-0.4, -0.2) is 4.98 Å². The quantitative estimate of drug-likeness (QED) is 0.921. The van der Waals surface area contributed by atoms with Gasteiger partial charge in [-0.1, -0.05) is 28.1 Å². The van der Waals surface area contributed by atoms with Gasteiger partial charge in [0.1, 0.15) is 0 Å². The number of aryl methyl sites for hydroxylation is 2. The Balaban J connectivity index is 2.04. The maximum absolute atomic E-state index is 4.27. The van der Waals surface area contributed by atoms with Crippen molar-refractivity contribution in [1.82, 2.24) is 4.98 Å². The zero-order valence-corrected chi connectivity index (χ0v) is 11.7. The Morgan fingerprint density at radius 2 is 2.19 bits per heavy atom. The van der Waals surface area contributed by atoms with E-state index in [9.17, 15) is 0 Å². The van der Waals surface area contributed by atoms with E-state index in [0.29, 0.717) is 0 Å². The smallest absolute Gasteiger partial charge is 0.183 e. The molecule has 0 aliphatic rings. The summed E-state index contributed by atoms with van der Waals surface area (Å²) in [6, 6.07) is 6.38. The predicted molar refractivity (Wildman–Crippen MR) is 73.1 cm³/mol. The van der Waals surface area contributed by atoms with Crippen LogP contribution in [0.2, 0.25) is 0 Å². The molecule has 16 heavy (non-hydrogen) atoms. The van der Waals surface area contributed by atoms with Crippen molar-refractivity contribution < 1.29 is 0 Å². The maximum Gasteiger partial charge on any atom is 0.183 e. The summed E-state index contributed by atoms with van der Waals surface area (Å²) in [4.78, 5) is 5.50. The molecule has 1 heterocycles. The van der Waals surface area contributed by atoms with Crippen LogP contribution >= 0.6 is 27.3 Å². The highest BCUT2D eigenvalue weighted by atomic mass is 79.9. The average Bonchev–Trinajstić information content (AvgIpc) is 2.63. The topological polar surface area (TPSA) is 24.9 Å². The second-order valence-electron chi connectivity index (χ2n) is 3.72. The Hall–Kier alpha value is -0.870. The minimum atomic E-state index is 0.799.